The van der Waals surface area contributed by atoms with E-state index in [1.165, 1.54) is 4.90 Å². The monoisotopic (exact) mass is 269 g/mol. The van der Waals surface area contributed by atoms with Crippen LogP contribution in [0.25, 0.3) is 0 Å². The predicted molar refractivity (Wildman–Crippen MR) is 62.1 cm³/mol. The summed E-state index contributed by atoms with van der Waals surface area (Å²) >= 11 is 0. The number of carbonyl (C=O) groups excluding carboxylic acids is 3. The van der Waals surface area contributed by atoms with Crippen molar-refractivity contribution in [1.82, 2.24) is 15.1 Å². The zero-order valence-electron chi connectivity index (χ0n) is 10.3. The van der Waals surface area contributed by atoms with E-state index in [1.54, 1.807) is 0 Å². The van der Waals surface area contributed by atoms with Crippen LogP contribution in [-0.2, 0) is 14.4 Å². The third kappa shape index (κ3) is 3.01. The summed E-state index contributed by atoms with van der Waals surface area (Å²) in [5, 5.41) is 10.9. The number of piperazine rings is 1. The zero-order valence-corrected chi connectivity index (χ0v) is 10.3. The normalized spacial score (nSPS) is 23.5. The fraction of sp³-hybridized carbons (Fsp3) is 0.636. The number of urea groups is 1. The molecule has 0 aromatic heterocycles. The van der Waals surface area contributed by atoms with Crippen LogP contribution in [0.4, 0.5) is 4.79 Å². The number of carboxylic acids is 1. The molecule has 0 bridgehead atoms. The molecule has 8 nitrogen and oxygen atoms in total. The van der Waals surface area contributed by atoms with E-state index >= 15 is 0 Å². The van der Waals surface area contributed by atoms with Crippen molar-refractivity contribution in [3.05, 3.63) is 0 Å². The average molecular weight is 269 g/mol. The van der Waals surface area contributed by atoms with Crippen molar-refractivity contribution >= 4 is 23.8 Å². The van der Waals surface area contributed by atoms with Crippen LogP contribution in [-0.4, -0.2) is 64.4 Å². The van der Waals surface area contributed by atoms with E-state index in [0.29, 0.717) is 13.0 Å². The number of carboxylic acid groups (broad SMARTS) is 1. The zero-order chi connectivity index (χ0) is 14.0. The fourth-order valence-corrected chi connectivity index (χ4v) is 2.46. The molecule has 0 radical (unpaired) electrons. The van der Waals surface area contributed by atoms with Gasteiger partial charge in [0.15, 0.2) is 0 Å². The lowest BCUT2D eigenvalue weighted by molar-refractivity contribution is -0.139. The molecule has 19 heavy (non-hydrogen) atoms. The Morgan fingerprint density at radius 1 is 1.26 bits per heavy atom. The van der Waals surface area contributed by atoms with Crippen LogP contribution < -0.4 is 5.32 Å². The van der Waals surface area contributed by atoms with E-state index in [-0.39, 0.29) is 25.6 Å². The van der Waals surface area contributed by atoms with Gasteiger partial charge >= 0.3 is 12.0 Å². The molecule has 2 fully saturated rings. The van der Waals surface area contributed by atoms with Gasteiger partial charge in [-0.25, -0.2) is 4.79 Å². The van der Waals surface area contributed by atoms with Gasteiger partial charge in [0.1, 0.15) is 13.1 Å². The van der Waals surface area contributed by atoms with Gasteiger partial charge in [-0.05, 0) is 12.8 Å². The number of imide groups is 1. The SMILES string of the molecule is O=C(O)CC1CCCN1C(=O)N1CC(=O)NC(=O)C1. The Hall–Kier alpha value is -2.12. The van der Waals surface area contributed by atoms with Crippen LogP contribution in [0.5, 0.6) is 0 Å². The second kappa shape index (κ2) is 5.25. The summed E-state index contributed by atoms with van der Waals surface area (Å²) < 4.78 is 0. The molecule has 2 N–H and O–H groups in total. The van der Waals surface area contributed by atoms with Crippen molar-refractivity contribution in [3.8, 4) is 0 Å². The van der Waals surface area contributed by atoms with E-state index in [0.717, 1.165) is 11.3 Å². The first-order valence-electron chi connectivity index (χ1n) is 6.07. The van der Waals surface area contributed by atoms with Crippen molar-refractivity contribution < 1.29 is 24.3 Å². The number of hydrogen-bond acceptors (Lipinski definition) is 4. The van der Waals surface area contributed by atoms with Crippen molar-refractivity contribution in [3.63, 3.8) is 0 Å². The minimum Gasteiger partial charge on any atom is -0.481 e. The number of aliphatic carboxylic acids is 1. The Balaban J connectivity index is 2.03. The first-order valence-corrected chi connectivity index (χ1v) is 6.07. The van der Waals surface area contributed by atoms with Gasteiger partial charge in [0, 0.05) is 12.6 Å². The second-order valence-corrected chi connectivity index (χ2v) is 4.70. The lowest BCUT2D eigenvalue weighted by Crippen LogP contribution is -2.57. The third-order valence-corrected chi connectivity index (χ3v) is 3.25. The molecule has 2 rings (SSSR count). The Kier molecular flexibility index (Phi) is 3.68. The van der Waals surface area contributed by atoms with E-state index in [1.807, 2.05) is 0 Å². The van der Waals surface area contributed by atoms with E-state index in [4.69, 9.17) is 5.11 Å². The highest BCUT2D eigenvalue weighted by Crippen LogP contribution is 2.22. The summed E-state index contributed by atoms with van der Waals surface area (Å²) in [4.78, 5) is 48.0. The molecular formula is C11H15N3O5. The number of nitrogens with zero attached hydrogens (tertiary/aromatic N) is 2. The number of nitrogens with one attached hydrogen (secondary N) is 1. The molecule has 4 amide bonds. The number of hydrogen-bond donors (Lipinski definition) is 2. The molecule has 1 atom stereocenters. The predicted octanol–water partition coefficient (Wildman–Crippen LogP) is -0.996. The van der Waals surface area contributed by atoms with Crippen LogP contribution in [0.3, 0.4) is 0 Å². The van der Waals surface area contributed by atoms with Gasteiger partial charge in [0.05, 0.1) is 6.42 Å². The maximum absolute atomic E-state index is 12.2. The smallest absolute Gasteiger partial charge is 0.321 e. The molecule has 2 aliphatic rings. The highest BCUT2D eigenvalue weighted by Gasteiger charge is 2.35. The van der Waals surface area contributed by atoms with E-state index in [9.17, 15) is 19.2 Å². The van der Waals surface area contributed by atoms with E-state index in [2.05, 4.69) is 5.32 Å². The minimum atomic E-state index is -0.961. The molecule has 8 heteroatoms. The van der Waals surface area contributed by atoms with Crippen molar-refractivity contribution in [2.24, 2.45) is 0 Å². The van der Waals surface area contributed by atoms with Crippen LogP contribution in [0.2, 0.25) is 0 Å². The largest absolute Gasteiger partial charge is 0.481 e. The Bertz CT molecular complexity index is 420. The van der Waals surface area contributed by atoms with Crippen LogP contribution in [0, 0.1) is 0 Å². The van der Waals surface area contributed by atoms with Crippen LogP contribution >= 0.6 is 0 Å². The first-order chi connectivity index (χ1) is 8.97. The number of carbonyl (C=O) groups is 4. The van der Waals surface area contributed by atoms with Crippen molar-refractivity contribution in [2.45, 2.75) is 25.3 Å². The van der Waals surface area contributed by atoms with Gasteiger partial charge in [0.2, 0.25) is 11.8 Å². The summed E-state index contributed by atoms with van der Waals surface area (Å²) in [5.41, 5.74) is 0. The Labute approximate surface area is 109 Å². The first kappa shape index (κ1) is 13.3. The van der Waals surface area contributed by atoms with Gasteiger partial charge in [-0.15, -0.1) is 0 Å². The average Bonchev–Trinajstić information content (AvgIpc) is 2.73. The molecule has 0 saturated carbocycles. The van der Waals surface area contributed by atoms with Gasteiger partial charge < -0.3 is 14.9 Å². The van der Waals surface area contributed by atoms with Crippen LogP contribution in [0.15, 0.2) is 0 Å². The number of amides is 4. The Morgan fingerprint density at radius 2 is 1.89 bits per heavy atom. The maximum atomic E-state index is 12.2. The summed E-state index contributed by atoms with van der Waals surface area (Å²) in [7, 11) is 0. The summed E-state index contributed by atoms with van der Waals surface area (Å²) in [6.45, 7) is 0.130. The van der Waals surface area contributed by atoms with Crippen LogP contribution in [0.1, 0.15) is 19.3 Å². The summed E-state index contributed by atoms with van der Waals surface area (Å²) in [6, 6.07) is -0.794. The summed E-state index contributed by atoms with van der Waals surface area (Å²) in [6.07, 6.45) is 1.25. The molecule has 2 heterocycles. The Morgan fingerprint density at radius 3 is 2.47 bits per heavy atom. The van der Waals surface area contributed by atoms with E-state index < -0.39 is 23.8 Å². The number of rotatable bonds is 2. The molecule has 0 spiro atoms. The standard InChI is InChI=1S/C11H15N3O5/c15-8-5-13(6-9(16)12-8)11(19)14-3-1-2-7(14)4-10(17)18/h7H,1-6H2,(H,17,18)(H,12,15,16). The molecule has 1 unspecified atom stereocenters. The lowest BCUT2D eigenvalue weighted by Gasteiger charge is -2.32. The highest BCUT2D eigenvalue weighted by atomic mass is 16.4. The molecule has 0 aromatic carbocycles. The molecule has 0 aliphatic carbocycles. The van der Waals surface area contributed by atoms with Crippen molar-refractivity contribution in [2.75, 3.05) is 19.6 Å². The van der Waals surface area contributed by atoms with Gasteiger partial charge in [-0.3, -0.25) is 19.7 Å². The van der Waals surface area contributed by atoms with Gasteiger partial charge in [-0.2, -0.15) is 0 Å². The second-order valence-electron chi connectivity index (χ2n) is 4.70. The molecule has 2 saturated heterocycles. The lowest BCUT2D eigenvalue weighted by atomic mass is 10.1. The summed E-state index contributed by atoms with van der Waals surface area (Å²) in [5.74, 6) is -1.99. The van der Waals surface area contributed by atoms with Gasteiger partial charge in [-0.1, -0.05) is 0 Å². The number of likely N-dealkylation sites (tertiary alicyclic amines) is 1. The molecule has 2 aliphatic heterocycles. The third-order valence-electron chi connectivity index (χ3n) is 3.25. The van der Waals surface area contributed by atoms with Crippen molar-refractivity contribution in [1.29, 1.82) is 0 Å². The molecular weight excluding hydrogens is 254 g/mol. The minimum absolute atomic E-state index is 0.111. The topological polar surface area (TPSA) is 107 Å². The maximum Gasteiger partial charge on any atom is 0.321 e. The molecule has 0 aromatic rings. The van der Waals surface area contributed by atoms with Gasteiger partial charge in [0.25, 0.3) is 0 Å². The quantitative estimate of drug-likeness (QED) is 0.625. The highest BCUT2D eigenvalue weighted by molar-refractivity contribution is 6.02. The molecule has 104 valence electrons. The fourth-order valence-electron chi connectivity index (χ4n) is 2.46.